The Balaban J connectivity index is 1.46. The summed E-state index contributed by atoms with van der Waals surface area (Å²) >= 11 is 6.02. The fourth-order valence-electron chi connectivity index (χ4n) is 4.10. The maximum Gasteiger partial charge on any atom is 0.244 e. The van der Waals surface area contributed by atoms with Crippen molar-refractivity contribution in [2.24, 2.45) is 0 Å². The summed E-state index contributed by atoms with van der Waals surface area (Å²) in [4.78, 5) is 2.04. The van der Waals surface area contributed by atoms with Crippen molar-refractivity contribution in [1.29, 1.82) is 5.26 Å². The molecule has 0 unspecified atom stereocenters. The van der Waals surface area contributed by atoms with Crippen LogP contribution < -0.4 is 0 Å². The van der Waals surface area contributed by atoms with Gasteiger partial charge in [-0.05, 0) is 42.0 Å². The van der Waals surface area contributed by atoms with E-state index in [0.29, 0.717) is 24.7 Å². The van der Waals surface area contributed by atoms with E-state index >= 15 is 0 Å². The van der Waals surface area contributed by atoms with E-state index in [1.54, 1.807) is 36.4 Å². The molecule has 0 radical (unpaired) electrons. The van der Waals surface area contributed by atoms with Crippen LogP contribution in [0.1, 0.15) is 22.8 Å². The molecule has 10 heteroatoms. The minimum absolute atomic E-state index is 0.00441. The van der Waals surface area contributed by atoms with Crippen LogP contribution in [0, 0.1) is 23.0 Å². The Morgan fingerprint density at radius 3 is 2.22 bits per heavy atom. The Kier molecular flexibility index (Phi) is 8.34. The van der Waals surface area contributed by atoms with Gasteiger partial charge in [0.25, 0.3) is 0 Å². The van der Waals surface area contributed by atoms with Gasteiger partial charge in [0.1, 0.15) is 17.7 Å². The normalized spacial score (nSPS) is 15.9. The van der Waals surface area contributed by atoms with Gasteiger partial charge in [-0.25, -0.2) is 17.2 Å². The third-order valence-electron chi connectivity index (χ3n) is 6.11. The summed E-state index contributed by atoms with van der Waals surface area (Å²) in [5.41, 5.74) is 0.745. The molecule has 3 aromatic rings. The SMILES string of the molecule is N#Cc1ccccc1S(=O)(=O)N1CCN(C[C@H](OCc2c(F)cccc2F)c2ccc(Cl)cc2)CC1. The monoisotopic (exact) mass is 531 g/mol. The first-order valence-corrected chi connectivity index (χ1v) is 13.1. The number of halogens is 3. The van der Waals surface area contributed by atoms with Crippen LogP contribution in [-0.2, 0) is 21.4 Å². The largest absolute Gasteiger partial charge is 0.367 e. The molecule has 1 saturated heterocycles. The van der Waals surface area contributed by atoms with Gasteiger partial charge >= 0.3 is 0 Å². The van der Waals surface area contributed by atoms with Crippen molar-refractivity contribution in [3.63, 3.8) is 0 Å². The molecule has 0 bridgehead atoms. The lowest BCUT2D eigenvalue weighted by atomic mass is 10.1. The summed E-state index contributed by atoms with van der Waals surface area (Å²) in [5.74, 6) is -1.36. The summed E-state index contributed by atoms with van der Waals surface area (Å²) in [7, 11) is -3.81. The zero-order valence-electron chi connectivity index (χ0n) is 19.3. The average Bonchev–Trinajstić information content (AvgIpc) is 2.88. The third-order valence-corrected chi connectivity index (χ3v) is 8.32. The van der Waals surface area contributed by atoms with Gasteiger partial charge < -0.3 is 4.74 Å². The first-order chi connectivity index (χ1) is 17.3. The van der Waals surface area contributed by atoms with Crippen molar-refractivity contribution >= 4 is 21.6 Å². The number of nitriles is 1. The lowest BCUT2D eigenvalue weighted by Crippen LogP contribution is -2.49. The Hall–Kier alpha value is -2.87. The number of hydrogen-bond acceptors (Lipinski definition) is 5. The smallest absolute Gasteiger partial charge is 0.244 e. The lowest BCUT2D eigenvalue weighted by molar-refractivity contribution is 0.00547. The van der Waals surface area contributed by atoms with E-state index in [9.17, 15) is 22.5 Å². The highest BCUT2D eigenvalue weighted by Gasteiger charge is 2.31. The molecule has 0 spiro atoms. The van der Waals surface area contributed by atoms with Crippen LogP contribution in [0.2, 0.25) is 5.02 Å². The number of rotatable bonds is 8. The zero-order valence-corrected chi connectivity index (χ0v) is 20.9. The quantitative estimate of drug-likeness (QED) is 0.419. The second-order valence-electron chi connectivity index (χ2n) is 8.36. The van der Waals surface area contributed by atoms with Gasteiger partial charge in [0.2, 0.25) is 10.0 Å². The topological polar surface area (TPSA) is 73.6 Å². The summed E-state index contributed by atoms with van der Waals surface area (Å²) in [5, 5.41) is 9.85. The van der Waals surface area contributed by atoms with Crippen molar-refractivity contribution in [3.8, 4) is 6.07 Å². The van der Waals surface area contributed by atoms with E-state index < -0.39 is 27.8 Å². The highest BCUT2D eigenvalue weighted by atomic mass is 35.5. The molecule has 188 valence electrons. The van der Waals surface area contributed by atoms with Gasteiger partial charge in [-0.1, -0.05) is 41.9 Å². The number of sulfonamides is 1. The van der Waals surface area contributed by atoms with Crippen molar-refractivity contribution in [1.82, 2.24) is 9.21 Å². The van der Waals surface area contributed by atoms with Crippen molar-refractivity contribution in [2.75, 3.05) is 32.7 Å². The van der Waals surface area contributed by atoms with Crippen LogP contribution in [0.25, 0.3) is 0 Å². The van der Waals surface area contributed by atoms with Gasteiger partial charge in [0.15, 0.2) is 0 Å². The summed E-state index contributed by atoms with van der Waals surface area (Å²) < 4.78 is 61.9. The molecule has 1 aliphatic rings. The van der Waals surface area contributed by atoms with Gasteiger partial charge in [-0.2, -0.15) is 9.57 Å². The van der Waals surface area contributed by atoms with Crippen LogP contribution in [-0.4, -0.2) is 50.3 Å². The predicted octanol–water partition coefficient (Wildman–Crippen LogP) is 4.75. The van der Waals surface area contributed by atoms with E-state index in [2.05, 4.69) is 0 Å². The minimum Gasteiger partial charge on any atom is -0.367 e. The molecule has 1 fully saturated rings. The molecule has 6 nitrogen and oxygen atoms in total. The van der Waals surface area contributed by atoms with Crippen molar-refractivity contribution in [3.05, 3.63) is 100 Å². The Morgan fingerprint density at radius 1 is 0.944 bits per heavy atom. The van der Waals surface area contributed by atoms with Crippen LogP contribution in [0.3, 0.4) is 0 Å². The molecule has 0 aliphatic carbocycles. The van der Waals surface area contributed by atoms with Crippen LogP contribution in [0.4, 0.5) is 8.78 Å². The van der Waals surface area contributed by atoms with E-state index in [1.165, 1.54) is 34.6 Å². The van der Waals surface area contributed by atoms with Gasteiger partial charge in [-0.15, -0.1) is 0 Å². The Bertz CT molecular complexity index is 1340. The molecule has 4 rings (SSSR count). The van der Waals surface area contributed by atoms with Crippen LogP contribution in [0.15, 0.2) is 71.6 Å². The summed E-state index contributed by atoms with van der Waals surface area (Å²) in [6.45, 7) is 1.45. The number of hydrogen-bond donors (Lipinski definition) is 0. The van der Waals surface area contributed by atoms with Gasteiger partial charge in [-0.3, -0.25) is 4.90 Å². The van der Waals surface area contributed by atoms with E-state index in [4.69, 9.17) is 16.3 Å². The highest BCUT2D eigenvalue weighted by molar-refractivity contribution is 7.89. The highest BCUT2D eigenvalue weighted by Crippen LogP contribution is 2.26. The molecule has 1 aliphatic heterocycles. The molecule has 1 heterocycles. The molecule has 0 amide bonds. The van der Waals surface area contributed by atoms with Crippen LogP contribution in [0.5, 0.6) is 0 Å². The number of benzene rings is 3. The average molecular weight is 532 g/mol. The maximum atomic E-state index is 14.1. The second kappa shape index (κ2) is 11.5. The van der Waals surface area contributed by atoms with Crippen molar-refractivity contribution < 1.29 is 21.9 Å². The zero-order chi connectivity index (χ0) is 25.7. The van der Waals surface area contributed by atoms with Crippen LogP contribution >= 0.6 is 11.6 Å². The van der Waals surface area contributed by atoms with E-state index in [-0.39, 0.29) is 35.7 Å². The molecular weight excluding hydrogens is 508 g/mol. The lowest BCUT2D eigenvalue weighted by Gasteiger charge is -2.36. The fourth-order valence-corrected chi connectivity index (χ4v) is 5.79. The van der Waals surface area contributed by atoms with E-state index in [0.717, 1.165) is 5.56 Å². The summed E-state index contributed by atoms with van der Waals surface area (Å²) in [6, 6.07) is 18.8. The third kappa shape index (κ3) is 5.91. The van der Waals surface area contributed by atoms with Gasteiger partial charge in [0.05, 0.1) is 23.2 Å². The minimum atomic E-state index is -3.81. The predicted molar refractivity (Wildman–Crippen MR) is 132 cm³/mol. The molecule has 0 saturated carbocycles. The second-order valence-corrected chi connectivity index (χ2v) is 10.7. The fraction of sp³-hybridized carbons (Fsp3) is 0.269. The number of ether oxygens (including phenoxy) is 1. The Labute approximate surface area is 214 Å². The molecule has 36 heavy (non-hydrogen) atoms. The number of nitrogens with zero attached hydrogens (tertiary/aromatic N) is 3. The molecule has 0 aromatic heterocycles. The molecule has 3 aromatic carbocycles. The maximum absolute atomic E-state index is 14.1. The molecule has 0 N–H and O–H groups in total. The first-order valence-electron chi connectivity index (χ1n) is 11.3. The van der Waals surface area contributed by atoms with Crippen molar-refractivity contribution in [2.45, 2.75) is 17.6 Å². The standard InChI is InChI=1S/C26H24ClF2N3O3S/c27-21-10-8-19(9-11-21)25(35-18-22-23(28)5-3-6-24(22)29)17-31-12-14-32(15-13-31)36(33,34)26-7-2-1-4-20(26)16-30/h1-11,25H,12-15,17-18H2/t25-/m0/s1. The molecule has 1 atom stereocenters. The Morgan fingerprint density at radius 2 is 1.58 bits per heavy atom. The van der Waals surface area contributed by atoms with Gasteiger partial charge in [0, 0.05) is 43.3 Å². The summed E-state index contributed by atoms with van der Waals surface area (Å²) in [6.07, 6.45) is -0.524. The number of piperazine rings is 1. The first kappa shape index (κ1) is 26.2. The molecular formula is C26H24ClF2N3O3S. The van der Waals surface area contributed by atoms with E-state index in [1.807, 2.05) is 11.0 Å².